The third-order valence-electron chi connectivity index (χ3n) is 3.12. The summed E-state index contributed by atoms with van der Waals surface area (Å²) in [6.07, 6.45) is 2.97. The number of H-pyrrole nitrogens is 1. The molecule has 114 valence electrons. The average Bonchev–Trinajstić information content (AvgIpc) is 2.93. The van der Waals surface area contributed by atoms with E-state index in [1.165, 1.54) is 6.33 Å². The van der Waals surface area contributed by atoms with E-state index in [0.29, 0.717) is 17.9 Å². The predicted molar refractivity (Wildman–Crippen MR) is 85.2 cm³/mol. The molecule has 21 heavy (non-hydrogen) atoms. The maximum Gasteiger partial charge on any atom is 0.244 e. The van der Waals surface area contributed by atoms with Crippen LogP contribution in [0.1, 0.15) is 26.7 Å². The Kier molecular flexibility index (Phi) is 5.87. The number of nitrogens with zero attached hydrogens (tertiary/aromatic N) is 2. The molecule has 4 N–H and O–H groups in total. The van der Waals surface area contributed by atoms with Crippen LogP contribution in [0.15, 0.2) is 30.6 Å². The molecule has 1 aromatic heterocycles. The smallest absolute Gasteiger partial charge is 0.244 e. The van der Waals surface area contributed by atoms with Gasteiger partial charge in [-0.15, -0.1) is 12.4 Å². The van der Waals surface area contributed by atoms with Crippen LogP contribution in [0.5, 0.6) is 0 Å². The number of anilines is 1. The molecule has 6 nitrogen and oxygen atoms in total. The lowest BCUT2D eigenvalue weighted by atomic mass is 9.96. The number of benzene rings is 1. The largest absolute Gasteiger partial charge is 0.325 e. The van der Waals surface area contributed by atoms with Crippen LogP contribution < -0.4 is 11.1 Å². The van der Waals surface area contributed by atoms with E-state index in [1.807, 2.05) is 31.2 Å². The van der Waals surface area contributed by atoms with Crippen molar-refractivity contribution in [1.82, 2.24) is 15.2 Å². The second-order valence-electron chi connectivity index (χ2n) is 5.03. The Morgan fingerprint density at radius 2 is 2.05 bits per heavy atom. The minimum Gasteiger partial charge on any atom is -0.325 e. The van der Waals surface area contributed by atoms with Crippen molar-refractivity contribution in [2.75, 3.05) is 5.32 Å². The first kappa shape index (κ1) is 17.1. The maximum absolute atomic E-state index is 12.1. The van der Waals surface area contributed by atoms with Crippen LogP contribution in [0.2, 0.25) is 0 Å². The van der Waals surface area contributed by atoms with Gasteiger partial charge in [-0.05, 0) is 37.6 Å². The molecule has 2 aromatic rings. The minimum absolute atomic E-state index is 0. The molecular weight excluding hydrogens is 290 g/mol. The van der Waals surface area contributed by atoms with Crippen molar-refractivity contribution in [2.24, 2.45) is 5.73 Å². The van der Waals surface area contributed by atoms with Gasteiger partial charge in [0, 0.05) is 11.3 Å². The highest BCUT2D eigenvalue weighted by Gasteiger charge is 2.27. The van der Waals surface area contributed by atoms with Gasteiger partial charge in [0.25, 0.3) is 0 Å². The van der Waals surface area contributed by atoms with Crippen molar-refractivity contribution in [3.63, 3.8) is 0 Å². The number of aromatic nitrogens is 3. The molecule has 0 aliphatic rings. The summed E-state index contributed by atoms with van der Waals surface area (Å²) < 4.78 is 0. The van der Waals surface area contributed by atoms with Crippen LogP contribution in [0, 0.1) is 0 Å². The summed E-state index contributed by atoms with van der Waals surface area (Å²) >= 11 is 0. The van der Waals surface area contributed by atoms with Gasteiger partial charge in [-0.1, -0.05) is 13.3 Å². The number of aromatic amines is 1. The van der Waals surface area contributed by atoms with E-state index in [0.717, 1.165) is 12.0 Å². The Balaban J connectivity index is 0.00000220. The number of hydrogen-bond donors (Lipinski definition) is 3. The molecule has 0 radical (unpaired) electrons. The van der Waals surface area contributed by atoms with E-state index < -0.39 is 5.54 Å². The van der Waals surface area contributed by atoms with Gasteiger partial charge in [0.1, 0.15) is 6.33 Å². The molecule has 0 fully saturated rings. The zero-order chi connectivity index (χ0) is 14.6. The lowest BCUT2D eigenvalue weighted by Gasteiger charge is -2.22. The second kappa shape index (κ2) is 7.19. The molecule has 1 aromatic carbocycles. The molecule has 0 saturated heterocycles. The molecule has 0 aliphatic carbocycles. The van der Waals surface area contributed by atoms with E-state index in [-0.39, 0.29) is 18.3 Å². The highest BCUT2D eigenvalue weighted by atomic mass is 35.5. The van der Waals surface area contributed by atoms with Crippen LogP contribution >= 0.6 is 12.4 Å². The van der Waals surface area contributed by atoms with E-state index in [4.69, 9.17) is 5.73 Å². The molecule has 0 spiro atoms. The van der Waals surface area contributed by atoms with Crippen LogP contribution in [0.4, 0.5) is 5.69 Å². The van der Waals surface area contributed by atoms with Gasteiger partial charge in [0.2, 0.25) is 5.91 Å². The number of hydrogen-bond acceptors (Lipinski definition) is 4. The fraction of sp³-hybridized carbons (Fsp3) is 0.357. The molecule has 1 amide bonds. The molecule has 0 aliphatic heterocycles. The SMILES string of the molecule is CCCC(C)(N)C(=O)Nc1ccc(-c2ncn[nH]2)cc1.Cl. The van der Waals surface area contributed by atoms with Crippen molar-refractivity contribution < 1.29 is 4.79 Å². The molecule has 2 rings (SSSR count). The Morgan fingerprint density at radius 3 is 2.57 bits per heavy atom. The third-order valence-corrected chi connectivity index (χ3v) is 3.12. The quantitative estimate of drug-likeness (QED) is 0.789. The van der Waals surface area contributed by atoms with Crippen molar-refractivity contribution >= 4 is 24.0 Å². The summed E-state index contributed by atoms with van der Waals surface area (Å²) in [5.74, 6) is 0.518. The molecule has 0 bridgehead atoms. The van der Waals surface area contributed by atoms with Crippen molar-refractivity contribution in [1.29, 1.82) is 0 Å². The van der Waals surface area contributed by atoms with Gasteiger partial charge in [-0.3, -0.25) is 9.89 Å². The Labute approximate surface area is 129 Å². The number of halogens is 1. The molecule has 1 unspecified atom stereocenters. The first-order valence-electron chi connectivity index (χ1n) is 6.59. The monoisotopic (exact) mass is 309 g/mol. The van der Waals surface area contributed by atoms with Crippen LogP contribution in [0.25, 0.3) is 11.4 Å². The predicted octanol–water partition coefficient (Wildman–Crippen LogP) is 2.35. The van der Waals surface area contributed by atoms with Gasteiger partial charge in [0.05, 0.1) is 5.54 Å². The summed E-state index contributed by atoms with van der Waals surface area (Å²) in [6, 6.07) is 7.36. The summed E-state index contributed by atoms with van der Waals surface area (Å²) in [6.45, 7) is 3.75. The molecule has 7 heteroatoms. The topological polar surface area (TPSA) is 96.7 Å². The molecule has 1 heterocycles. The highest BCUT2D eigenvalue weighted by Crippen LogP contribution is 2.18. The summed E-state index contributed by atoms with van der Waals surface area (Å²) in [5, 5.41) is 9.42. The minimum atomic E-state index is -0.849. The van der Waals surface area contributed by atoms with Gasteiger partial charge in [-0.2, -0.15) is 5.10 Å². The van der Waals surface area contributed by atoms with Crippen LogP contribution in [0.3, 0.4) is 0 Å². The number of carbonyl (C=O) groups is 1. The summed E-state index contributed by atoms with van der Waals surface area (Å²) in [5.41, 5.74) is 6.76. The van der Waals surface area contributed by atoms with Crippen LogP contribution in [-0.2, 0) is 4.79 Å². The third kappa shape index (κ3) is 4.27. The van der Waals surface area contributed by atoms with Crippen molar-refractivity contribution in [2.45, 2.75) is 32.2 Å². The average molecular weight is 310 g/mol. The maximum atomic E-state index is 12.1. The number of nitrogens with one attached hydrogen (secondary N) is 2. The fourth-order valence-electron chi connectivity index (χ4n) is 1.96. The van der Waals surface area contributed by atoms with E-state index in [2.05, 4.69) is 20.5 Å². The van der Waals surface area contributed by atoms with Gasteiger partial charge >= 0.3 is 0 Å². The summed E-state index contributed by atoms with van der Waals surface area (Å²) in [4.78, 5) is 16.1. The molecular formula is C14H20ClN5O. The Hall–Kier alpha value is -1.92. The first-order chi connectivity index (χ1) is 9.53. The number of rotatable bonds is 5. The molecule has 1 atom stereocenters. The summed E-state index contributed by atoms with van der Waals surface area (Å²) in [7, 11) is 0. The molecule has 0 saturated carbocycles. The van der Waals surface area contributed by atoms with E-state index in [1.54, 1.807) is 6.92 Å². The standard InChI is InChI=1S/C14H19N5O.ClH/c1-3-8-14(2,15)13(20)18-11-6-4-10(5-7-11)12-16-9-17-19-12;/h4-7,9H,3,8,15H2,1-2H3,(H,18,20)(H,16,17,19);1H. The van der Waals surface area contributed by atoms with Gasteiger partial charge in [0.15, 0.2) is 5.82 Å². The second-order valence-corrected chi connectivity index (χ2v) is 5.03. The van der Waals surface area contributed by atoms with E-state index >= 15 is 0 Å². The van der Waals surface area contributed by atoms with Gasteiger partial charge in [-0.25, -0.2) is 4.98 Å². The lowest BCUT2D eigenvalue weighted by Crippen LogP contribution is -2.48. The van der Waals surface area contributed by atoms with Crippen molar-refractivity contribution in [3.05, 3.63) is 30.6 Å². The van der Waals surface area contributed by atoms with Crippen molar-refractivity contribution in [3.8, 4) is 11.4 Å². The van der Waals surface area contributed by atoms with Crippen LogP contribution in [-0.4, -0.2) is 26.6 Å². The highest BCUT2D eigenvalue weighted by molar-refractivity contribution is 5.97. The van der Waals surface area contributed by atoms with Gasteiger partial charge < -0.3 is 11.1 Å². The number of nitrogens with two attached hydrogens (primary N) is 1. The van der Waals surface area contributed by atoms with E-state index in [9.17, 15) is 4.79 Å². The zero-order valence-corrected chi connectivity index (χ0v) is 12.9. The normalized spacial score (nSPS) is 13.1. The Bertz CT molecular complexity index is 566. The number of amides is 1. The fourth-order valence-corrected chi connectivity index (χ4v) is 1.96. The zero-order valence-electron chi connectivity index (χ0n) is 12.1. The Morgan fingerprint density at radius 1 is 1.38 bits per heavy atom. The number of carbonyl (C=O) groups excluding carboxylic acids is 1. The first-order valence-corrected chi connectivity index (χ1v) is 6.59. The lowest BCUT2D eigenvalue weighted by molar-refractivity contribution is -0.120.